The molecule has 0 fully saturated rings. The van der Waals surface area contributed by atoms with Crippen LogP contribution in [0.15, 0.2) is 0 Å². The Morgan fingerprint density at radius 3 is 2.50 bits per heavy atom. The van der Waals surface area contributed by atoms with Gasteiger partial charge in [0, 0.05) is 0 Å². The minimum atomic E-state index is -0.770. The standard InChI is InChI=1S/C5H9O4.Li/c1-2-8-5(7)9-4-3-6;/h2-4H2,1H3;/q-1;+1. The number of rotatable bonds is 3. The second-order valence-corrected chi connectivity index (χ2v) is 1.24. The van der Waals surface area contributed by atoms with E-state index in [1.807, 2.05) is 0 Å². The van der Waals surface area contributed by atoms with Gasteiger partial charge in [-0.3, -0.25) is 0 Å². The molecule has 0 aliphatic carbocycles. The molecule has 0 aromatic carbocycles. The molecule has 0 aliphatic heterocycles. The van der Waals surface area contributed by atoms with Crippen molar-refractivity contribution in [3.05, 3.63) is 0 Å². The van der Waals surface area contributed by atoms with Crippen molar-refractivity contribution in [3.8, 4) is 0 Å². The minimum Gasteiger partial charge on any atom is -0.852 e. The molecule has 0 saturated heterocycles. The number of hydrogen-bond acceptors (Lipinski definition) is 4. The summed E-state index contributed by atoms with van der Waals surface area (Å²) in [6.45, 7) is 1.41. The molecule has 0 aromatic heterocycles. The molecule has 0 saturated carbocycles. The fourth-order valence-electron chi connectivity index (χ4n) is 0.285. The van der Waals surface area contributed by atoms with Gasteiger partial charge < -0.3 is 14.6 Å². The van der Waals surface area contributed by atoms with Crippen LogP contribution in [0.1, 0.15) is 6.92 Å². The second kappa shape index (κ2) is 8.83. The maximum absolute atomic E-state index is 10.2. The zero-order valence-electron chi connectivity index (χ0n) is 6.25. The van der Waals surface area contributed by atoms with Crippen molar-refractivity contribution in [2.45, 2.75) is 6.92 Å². The molecule has 5 heteroatoms. The van der Waals surface area contributed by atoms with Crippen molar-refractivity contribution in [1.29, 1.82) is 0 Å². The van der Waals surface area contributed by atoms with E-state index in [2.05, 4.69) is 9.47 Å². The van der Waals surface area contributed by atoms with E-state index < -0.39 is 12.8 Å². The summed E-state index contributed by atoms with van der Waals surface area (Å²) >= 11 is 0. The normalized spacial score (nSPS) is 7.80. The zero-order valence-corrected chi connectivity index (χ0v) is 6.25. The van der Waals surface area contributed by atoms with Crippen molar-refractivity contribution in [2.75, 3.05) is 19.8 Å². The Labute approximate surface area is 71.7 Å². The number of carbonyl (C=O) groups is 1. The Balaban J connectivity index is 0. The maximum Gasteiger partial charge on any atom is 1.00 e. The Bertz CT molecular complexity index is 85.7. The van der Waals surface area contributed by atoms with Gasteiger partial charge in [-0.25, -0.2) is 4.79 Å². The molecule has 0 rings (SSSR count). The minimum absolute atomic E-state index is 0. The SMILES string of the molecule is CCOC(=O)OCC[O-].[Li+]. The third kappa shape index (κ3) is 7.83. The Kier molecular flexibility index (Phi) is 11.0. The van der Waals surface area contributed by atoms with Crippen molar-refractivity contribution in [3.63, 3.8) is 0 Å². The van der Waals surface area contributed by atoms with Crippen LogP contribution in [0.25, 0.3) is 0 Å². The van der Waals surface area contributed by atoms with Crippen LogP contribution in [0.3, 0.4) is 0 Å². The molecular weight excluding hydrogens is 131 g/mol. The molecule has 0 aliphatic rings. The molecular formula is C5H9LiO4. The summed E-state index contributed by atoms with van der Waals surface area (Å²) < 4.78 is 8.60. The van der Waals surface area contributed by atoms with E-state index in [0.717, 1.165) is 0 Å². The van der Waals surface area contributed by atoms with Gasteiger partial charge in [0.05, 0.1) is 13.2 Å². The van der Waals surface area contributed by atoms with Crippen LogP contribution in [-0.4, -0.2) is 26.0 Å². The van der Waals surface area contributed by atoms with Crippen LogP contribution < -0.4 is 24.0 Å². The molecule has 0 radical (unpaired) electrons. The second-order valence-electron chi connectivity index (χ2n) is 1.24. The molecule has 0 aromatic rings. The molecule has 0 bridgehead atoms. The van der Waals surface area contributed by atoms with E-state index in [9.17, 15) is 9.90 Å². The number of hydrogen-bond donors (Lipinski definition) is 0. The predicted molar refractivity (Wildman–Crippen MR) is 27.8 cm³/mol. The maximum atomic E-state index is 10.2. The Morgan fingerprint density at radius 2 is 2.10 bits per heavy atom. The van der Waals surface area contributed by atoms with Gasteiger partial charge in [0.1, 0.15) is 0 Å². The summed E-state index contributed by atoms with van der Waals surface area (Å²) in [7, 11) is 0. The fourth-order valence-corrected chi connectivity index (χ4v) is 0.285. The molecule has 0 spiro atoms. The molecule has 0 unspecified atom stereocenters. The van der Waals surface area contributed by atoms with Crippen molar-refractivity contribution < 1.29 is 38.2 Å². The predicted octanol–water partition coefficient (Wildman–Crippen LogP) is -3.48. The molecule has 0 heterocycles. The van der Waals surface area contributed by atoms with Crippen LogP contribution in [-0.2, 0) is 9.47 Å². The fraction of sp³-hybridized carbons (Fsp3) is 0.800. The molecule has 10 heavy (non-hydrogen) atoms. The molecule has 0 amide bonds. The Morgan fingerprint density at radius 1 is 1.50 bits per heavy atom. The van der Waals surface area contributed by atoms with Gasteiger partial charge in [-0.05, 0) is 6.92 Å². The third-order valence-electron chi connectivity index (χ3n) is 0.565. The summed E-state index contributed by atoms with van der Waals surface area (Å²) in [5, 5.41) is 9.71. The average Bonchev–Trinajstić information content (AvgIpc) is 1.85. The summed E-state index contributed by atoms with van der Waals surface area (Å²) in [5.74, 6) is 0. The van der Waals surface area contributed by atoms with Crippen LogP contribution in [0.5, 0.6) is 0 Å². The average molecular weight is 140 g/mol. The summed E-state index contributed by atoms with van der Waals surface area (Å²) in [6.07, 6.45) is -0.770. The first-order valence-electron chi connectivity index (χ1n) is 2.69. The van der Waals surface area contributed by atoms with Gasteiger partial charge in [-0.2, -0.15) is 0 Å². The van der Waals surface area contributed by atoms with Gasteiger partial charge in [0.15, 0.2) is 0 Å². The molecule has 0 N–H and O–H groups in total. The van der Waals surface area contributed by atoms with Crippen molar-refractivity contribution in [2.24, 2.45) is 0 Å². The number of carbonyl (C=O) groups excluding carboxylic acids is 1. The molecule has 4 nitrogen and oxygen atoms in total. The van der Waals surface area contributed by atoms with E-state index >= 15 is 0 Å². The third-order valence-corrected chi connectivity index (χ3v) is 0.565. The van der Waals surface area contributed by atoms with E-state index in [-0.39, 0.29) is 32.1 Å². The van der Waals surface area contributed by atoms with Crippen molar-refractivity contribution >= 4 is 6.16 Å². The summed E-state index contributed by atoms with van der Waals surface area (Å²) in [6, 6.07) is 0. The monoisotopic (exact) mass is 140 g/mol. The number of ether oxygens (including phenoxy) is 2. The van der Waals surface area contributed by atoms with E-state index in [1.165, 1.54) is 0 Å². The topological polar surface area (TPSA) is 58.6 Å². The van der Waals surface area contributed by atoms with E-state index in [1.54, 1.807) is 6.92 Å². The van der Waals surface area contributed by atoms with E-state index in [4.69, 9.17) is 0 Å². The van der Waals surface area contributed by atoms with Crippen molar-refractivity contribution in [1.82, 2.24) is 0 Å². The first-order chi connectivity index (χ1) is 4.31. The Hall–Kier alpha value is -0.173. The van der Waals surface area contributed by atoms with E-state index in [0.29, 0.717) is 0 Å². The first-order valence-corrected chi connectivity index (χ1v) is 2.69. The molecule has 0 atom stereocenters. The summed E-state index contributed by atoms with van der Waals surface area (Å²) in [5.41, 5.74) is 0. The van der Waals surface area contributed by atoms with Crippen LogP contribution in [0, 0.1) is 0 Å². The molecule has 54 valence electrons. The van der Waals surface area contributed by atoms with Crippen LogP contribution in [0.4, 0.5) is 4.79 Å². The van der Waals surface area contributed by atoms with Gasteiger partial charge in [0.25, 0.3) is 0 Å². The van der Waals surface area contributed by atoms with Gasteiger partial charge in [0.2, 0.25) is 0 Å². The zero-order chi connectivity index (χ0) is 7.11. The van der Waals surface area contributed by atoms with Gasteiger partial charge in [-0.1, -0.05) is 0 Å². The largest absolute Gasteiger partial charge is 1.00 e. The van der Waals surface area contributed by atoms with Crippen LogP contribution >= 0.6 is 0 Å². The first kappa shape index (κ1) is 12.5. The summed E-state index contributed by atoms with van der Waals surface area (Å²) in [4.78, 5) is 10.2. The smallest absolute Gasteiger partial charge is 0.852 e. The van der Waals surface area contributed by atoms with Crippen LogP contribution in [0.2, 0.25) is 0 Å². The van der Waals surface area contributed by atoms with Gasteiger partial charge >= 0.3 is 25.0 Å². The quantitative estimate of drug-likeness (QED) is 0.302. The van der Waals surface area contributed by atoms with Gasteiger partial charge in [-0.15, -0.1) is 6.61 Å².